The zero-order valence-electron chi connectivity index (χ0n) is 13.1. The number of amides is 2. The van der Waals surface area contributed by atoms with Gasteiger partial charge >= 0.3 is 6.18 Å². The Morgan fingerprint density at radius 3 is 2.71 bits per heavy atom. The van der Waals surface area contributed by atoms with E-state index in [1.807, 2.05) is 6.92 Å². The number of hydrogen-bond donors (Lipinski definition) is 1. The first-order valence-electron chi connectivity index (χ1n) is 7.61. The molecule has 4 nitrogen and oxygen atoms in total. The van der Waals surface area contributed by atoms with E-state index in [1.54, 1.807) is 4.90 Å². The average Bonchev–Trinajstić information content (AvgIpc) is 2.48. The average molecular weight is 363 g/mol. The normalized spacial score (nSPS) is 18.4. The molecule has 1 saturated heterocycles. The van der Waals surface area contributed by atoms with E-state index in [1.165, 1.54) is 0 Å². The van der Waals surface area contributed by atoms with Crippen molar-refractivity contribution in [2.24, 2.45) is 5.92 Å². The largest absolute Gasteiger partial charge is 0.416 e. The molecule has 1 N–H and O–H groups in total. The van der Waals surface area contributed by atoms with Gasteiger partial charge in [-0.2, -0.15) is 13.2 Å². The molecule has 1 aliphatic rings. The standard InChI is InChI=1S/C16H18ClF3N2O2/c1-10-3-2-6-22(9-10)15(24)8-14(23)21-13-7-11(16(18,19)20)4-5-12(13)17/h4-5,7,10H,2-3,6,8-9H2,1H3,(H,21,23). The summed E-state index contributed by atoms with van der Waals surface area (Å²) in [5, 5.41) is 2.27. The molecular formula is C16H18ClF3N2O2. The number of benzene rings is 1. The summed E-state index contributed by atoms with van der Waals surface area (Å²) in [5.74, 6) is -0.634. The maximum absolute atomic E-state index is 12.7. The van der Waals surface area contributed by atoms with Gasteiger partial charge in [0.05, 0.1) is 16.3 Å². The lowest BCUT2D eigenvalue weighted by Gasteiger charge is -2.30. The van der Waals surface area contributed by atoms with Crippen LogP contribution in [0.15, 0.2) is 18.2 Å². The van der Waals surface area contributed by atoms with Crippen LogP contribution in [-0.2, 0) is 15.8 Å². The van der Waals surface area contributed by atoms with Gasteiger partial charge < -0.3 is 10.2 Å². The van der Waals surface area contributed by atoms with Crippen LogP contribution in [0, 0.1) is 5.92 Å². The maximum atomic E-state index is 12.7. The monoisotopic (exact) mass is 362 g/mol. The van der Waals surface area contributed by atoms with Crippen molar-refractivity contribution in [3.8, 4) is 0 Å². The molecule has 8 heteroatoms. The van der Waals surface area contributed by atoms with E-state index in [-0.39, 0.29) is 16.6 Å². The number of rotatable bonds is 3. The van der Waals surface area contributed by atoms with E-state index in [4.69, 9.17) is 11.6 Å². The predicted octanol–water partition coefficient (Wildman–Crippen LogP) is 3.95. The molecule has 1 heterocycles. The quantitative estimate of drug-likeness (QED) is 0.828. The van der Waals surface area contributed by atoms with Crippen molar-refractivity contribution in [2.45, 2.75) is 32.4 Å². The van der Waals surface area contributed by atoms with Crippen molar-refractivity contribution < 1.29 is 22.8 Å². The third-order valence-electron chi connectivity index (χ3n) is 3.89. The van der Waals surface area contributed by atoms with E-state index in [2.05, 4.69) is 5.32 Å². The Morgan fingerprint density at radius 2 is 2.08 bits per heavy atom. The molecule has 1 fully saturated rings. The van der Waals surface area contributed by atoms with Crippen LogP contribution in [0.4, 0.5) is 18.9 Å². The van der Waals surface area contributed by atoms with Gasteiger partial charge in [-0.15, -0.1) is 0 Å². The summed E-state index contributed by atoms with van der Waals surface area (Å²) in [6, 6.07) is 2.65. The van der Waals surface area contributed by atoms with Crippen molar-refractivity contribution in [1.82, 2.24) is 4.90 Å². The highest BCUT2D eigenvalue weighted by atomic mass is 35.5. The second kappa shape index (κ2) is 7.42. The second-order valence-corrected chi connectivity index (χ2v) is 6.41. The van der Waals surface area contributed by atoms with Gasteiger partial charge in [0.25, 0.3) is 0 Å². The molecule has 1 aromatic rings. The summed E-state index contributed by atoms with van der Waals surface area (Å²) < 4.78 is 38.1. The number of piperidine rings is 1. The van der Waals surface area contributed by atoms with E-state index in [0.29, 0.717) is 19.0 Å². The van der Waals surface area contributed by atoms with Gasteiger partial charge in [-0.3, -0.25) is 9.59 Å². The highest BCUT2D eigenvalue weighted by molar-refractivity contribution is 6.33. The van der Waals surface area contributed by atoms with Crippen LogP contribution in [0.2, 0.25) is 5.02 Å². The van der Waals surface area contributed by atoms with Crippen molar-refractivity contribution in [2.75, 3.05) is 18.4 Å². The lowest BCUT2D eigenvalue weighted by Crippen LogP contribution is -2.40. The minimum absolute atomic E-state index is 0.0182. The summed E-state index contributed by atoms with van der Waals surface area (Å²) >= 11 is 5.82. The zero-order chi connectivity index (χ0) is 17.9. The molecule has 0 radical (unpaired) electrons. The van der Waals surface area contributed by atoms with Crippen LogP contribution >= 0.6 is 11.6 Å². The van der Waals surface area contributed by atoms with Crippen LogP contribution in [0.1, 0.15) is 31.7 Å². The van der Waals surface area contributed by atoms with Crippen molar-refractivity contribution in [3.63, 3.8) is 0 Å². The first kappa shape index (κ1) is 18.6. The minimum Gasteiger partial charge on any atom is -0.342 e. The Balaban J connectivity index is 2.00. The van der Waals surface area contributed by atoms with E-state index in [0.717, 1.165) is 31.0 Å². The van der Waals surface area contributed by atoms with E-state index in [9.17, 15) is 22.8 Å². The highest BCUT2D eigenvalue weighted by Gasteiger charge is 2.31. The predicted molar refractivity (Wildman–Crippen MR) is 84.7 cm³/mol. The Bertz CT molecular complexity index is 634. The van der Waals surface area contributed by atoms with Crippen LogP contribution in [0.5, 0.6) is 0 Å². The van der Waals surface area contributed by atoms with Crippen molar-refractivity contribution in [1.29, 1.82) is 0 Å². The minimum atomic E-state index is -4.54. The van der Waals surface area contributed by atoms with Crippen LogP contribution in [0.3, 0.4) is 0 Å². The molecule has 2 amide bonds. The zero-order valence-corrected chi connectivity index (χ0v) is 13.9. The third kappa shape index (κ3) is 4.87. The molecule has 0 aromatic heterocycles. The lowest BCUT2D eigenvalue weighted by molar-refractivity contribution is -0.138. The SMILES string of the molecule is CC1CCCN(C(=O)CC(=O)Nc2cc(C(F)(F)F)ccc2Cl)C1. The molecule has 0 aliphatic carbocycles. The first-order valence-corrected chi connectivity index (χ1v) is 7.99. The summed E-state index contributed by atoms with van der Waals surface area (Å²) in [4.78, 5) is 25.7. The first-order chi connectivity index (χ1) is 11.2. The highest BCUT2D eigenvalue weighted by Crippen LogP contribution is 2.33. The summed E-state index contributed by atoms with van der Waals surface area (Å²) in [6.45, 7) is 3.22. The van der Waals surface area contributed by atoms with Gasteiger partial charge in [-0.1, -0.05) is 18.5 Å². The van der Waals surface area contributed by atoms with Crippen LogP contribution < -0.4 is 5.32 Å². The van der Waals surface area contributed by atoms with Crippen molar-refractivity contribution in [3.05, 3.63) is 28.8 Å². The summed E-state index contributed by atoms with van der Waals surface area (Å²) in [7, 11) is 0. The van der Waals surface area contributed by atoms with Crippen LogP contribution in [0.25, 0.3) is 0 Å². The van der Waals surface area contributed by atoms with E-state index >= 15 is 0 Å². The fourth-order valence-corrected chi connectivity index (χ4v) is 2.82. The number of anilines is 1. The summed E-state index contributed by atoms with van der Waals surface area (Å²) in [5.41, 5.74) is -1.07. The molecule has 24 heavy (non-hydrogen) atoms. The van der Waals surface area contributed by atoms with Gasteiger partial charge in [-0.25, -0.2) is 0 Å². The Hall–Kier alpha value is -1.76. The third-order valence-corrected chi connectivity index (χ3v) is 4.22. The second-order valence-electron chi connectivity index (χ2n) is 6.00. The van der Waals surface area contributed by atoms with Crippen molar-refractivity contribution >= 4 is 29.1 Å². The number of carbonyl (C=O) groups is 2. The molecule has 0 bridgehead atoms. The Labute approximate surface area is 143 Å². The molecule has 1 atom stereocenters. The van der Waals surface area contributed by atoms with Gasteiger partial charge in [0.15, 0.2) is 0 Å². The molecule has 1 aromatic carbocycles. The van der Waals surface area contributed by atoms with Gasteiger partial charge in [-0.05, 0) is 37.0 Å². The number of carbonyl (C=O) groups excluding carboxylic acids is 2. The number of nitrogens with one attached hydrogen (secondary N) is 1. The number of alkyl halides is 3. The Kier molecular flexibility index (Phi) is 5.74. The molecule has 0 spiro atoms. The van der Waals surface area contributed by atoms with Gasteiger partial charge in [0.2, 0.25) is 11.8 Å². The number of halogens is 4. The molecule has 132 valence electrons. The number of likely N-dealkylation sites (tertiary alicyclic amines) is 1. The van der Waals surface area contributed by atoms with Gasteiger partial charge in [0.1, 0.15) is 6.42 Å². The number of nitrogens with zero attached hydrogens (tertiary/aromatic N) is 1. The molecule has 2 rings (SSSR count). The fraction of sp³-hybridized carbons (Fsp3) is 0.500. The molecule has 1 aliphatic heterocycles. The van der Waals surface area contributed by atoms with E-state index < -0.39 is 24.1 Å². The molecular weight excluding hydrogens is 345 g/mol. The molecule has 0 saturated carbocycles. The smallest absolute Gasteiger partial charge is 0.342 e. The molecule has 1 unspecified atom stereocenters. The van der Waals surface area contributed by atoms with Crippen LogP contribution in [-0.4, -0.2) is 29.8 Å². The topological polar surface area (TPSA) is 49.4 Å². The number of hydrogen-bond acceptors (Lipinski definition) is 2. The summed E-state index contributed by atoms with van der Waals surface area (Å²) in [6.07, 6.45) is -3.03. The lowest BCUT2D eigenvalue weighted by atomic mass is 10.00. The van der Waals surface area contributed by atoms with Gasteiger partial charge in [0, 0.05) is 13.1 Å². The Morgan fingerprint density at radius 1 is 1.38 bits per heavy atom. The maximum Gasteiger partial charge on any atom is 0.416 e. The fourth-order valence-electron chi connectivity index (χ4n) is 2.66.